The lowest BCUT2D eigenvalue weighted by molar-refractivity contribution is -0.384. The summed E-state index contributed by atoms with van der Waals surface area (Å²) in [5, 5.41) is 29.6. The Labute approximate surface area is 328 Å². The van der Waals surface area contributed by atoms with Crippen molar-refractivity contribution in [3.8, 4) is 22.1 Å². The van der Waals surface area contributed by atoms with Gasteiger partial charge in [0.1, 0.15) is 11.5 Å². The first-order valence-electron chi connectivity index (χ1n) is 18.1. The maximum Gasteiger partial charge on any atom is 0.271 e. The Hall–Kier alpha value is -5.86. The van der Waals surface area contributed by atoms with Gasteiger partial charge < -0.3 is 9.84 Å². The maximum atomic E-state index is 15.1. The van der Waals surface area contributed by atoms with Crippen molar-refractivity contribution in [1.29, 1.82) is 0 Å². The zero-order chi connectivity index (χ0) is 39.5. The molecule has 4 amide bonds. The normalized spacial score (nSPS) is 25.7. The highest BCUT2D eigenvalue weighted by Crippen LogP contribution is 2.65. The molecule has 2 aliphatic heterocycles. The average Bonchev–Trinajstić information content (AvgIpc) is 3.85. The van der Waals surface area contributed by atoms with E-state index in [1.54, 1.807) is 38.2 Å². The molecule has 13 nitrogen and oxygen atoms in total. The zero-order valence-electron chi connectivity index (χ0n) is 30.6. The van der Waals surface area contributed by atoms with E-state index >= 15 is 4.79 Å². The number of phenolic OH excluding ortho intramolecular Hbond substituents is 1. The minimum absolute atomic E-state index is 0.0779. The van der Waals surface area contributed by atoms with E-state index in [0.717, 1.165) is 25.4 Å². The number of amides is 4. The van der Waals surface area contributed by atoms with Gasteiger partial charge in [0, 0.05) is 46.5 Å². The van der Waals surface area contributed by atoms with Crippen LogP contribution in [0.3, 0.4) is 0 Å². The van der Waals surface area contributed by atoms with Crippen LogP contribution in [-0.4, -0.2) is 50.5 Å². The number of non-ortho nitro benzene ring substituents is 1. The lowest BCUT2D eigenvalue weighted by Crippen LogP contribution is -2.49. The number of nitro groups is 1. The first kappa shape index (κ1) is 35.8. The number of hydrogen-bond acceptors (Lipinski definition) is 10. The highest BCUT2D eigenvalue weighted by Gasteiger charge is 2.68. The fourth-order valence-corrected chi connectivity index (χ4v) is 11.0. The summed E-state index contributed by atoms with van der Waals surface area (Å²) in [7, 11) is 3.09. The smallest absolute Gasteiger partial charge is 0.271 e. The molecule has 284 valence electrons. The number of methoxy groups -OCH3 is 1. The van der Waals surface area contributed by atoms with E-state index in [0.29, 0.717) is 21.9 Å². The second-order valence-corrected chi connectivity index (χ2v) is 16.5. The second-order valence-electron chi connectivity index (χ2n) is 15.1. The van der Waals surface area contributed by atoms with E-state index in [4.69, 9.17) is 21.4 Å². The molecular weight excluding hydrogens is 758 g/mol. The highest BCUT2D eigenvalue weighted by molar-refractivity contribution is 7.22. The zero-order valence-corrected chi connectivity index (χ0v) is 32.1. The number of aromatic nitrogens is 2. The van der Waals surface area contributed by atoms with E-state index in [9.17, 15) is 29.6 Å². The molecule has 0 spiro atoms. The molecule has 4 aliphatic rings. The Morgan fingerprint density at radius 1 is 1.00 bits per heavy atom. The minimum atomic E-state index is -1.43. The van der Waals surface area contributed by atoms with Crippen LogP contribution in [0, 0.1) is 46.1 Å². The topological polar surface area (TPSA) is 165 Å². The van der Waals surface area contributed by atoms with Crippen LogP contribution in [0.1, 0.15) is 36.8 Å². The van der Waals surface area contributed by atoms with Crippen LogP contribution >= 0.6 is 22.9 Å². The number of phenols is 1. The van der Waals surface area contributed by atoms with Gasteiger partial charge in [-0.15, -0.1) is 11.3 Å². The van der Waals surface area contributed by atoms with Crippen molar-refractivity contribution in [2.24, 2.45) is 36.1 Å². The number of para-hydroxylation sites is 1. The molecule has 1 saturated carbocycles. The Morgan fingerprint density at radius 3 is 2.52 bits per heavy atom. The molecule has 6 unspecified atom stereocenters. The molecule has 2 aromatic heterocycles. The van der Waals surface area contributed by atoms with Crippen molar-refractivity contribution < 1.29 is 33.9 Å². The summed E-state index contributed by atoms with van der Waals surface area (Å²) in [6.07, 6.45) is 2.11. The average molecular weight is 792 g/mol. The van der Waals surface area contributed by atoms with Gasteiger partial charge in [-0.1, -0.05) is 41.4 Å². The molecule has 9 rings (SSSR count). The first-order chi connectivity index (χ1) is 26.8. The van der Waals surface area contributed by atoms with Gasteiger partial charge in [0.05, 0.1) is 45.8 Å². The number of aryl methyl sites for hydroxylation is 2. The summed E-state index contributed by atoms with van der Waals surface area (Å²) in [6.45, 7) is 3.71. The number of rotatable bonds is 6. The molecular formula is C41H34ClN5O8S. The third-order valence-corrected chi connectivity index (χ3v) is 13.9. The largest absolute Gasteiger partial charge is 0.504 e. The molecule has 5 aromatic rings. The molecule has 3 aromatic carbocycles. The van der Waals surface area contributed by atoms with Crippen LogP contribution in [0.5, 0.6) is 11.5 Å². The quantitative estimate of drug-likeness (QED) is 0.0803. The van der Waals surface area contributed by atoms with Crippen molar-refractivity contribution in [1.82, 2.24) is 9.78 Å². The number of carbonyl (C=O) groups excluding carboxylic acids is 4. The number of nitrogens with zero attached hydrogens (tertiary/aromatic N) is 5. The molecule has 2 saturated heterocycles. The maximum absolute atomic E-state index is 15.1. The number of carbonyl (C=O) groups is 4. The van der Waals surface area contributed by atoms with Gasteiger partial charge >= 0.3 is 0 Å². The van der Waals surface area contributed by atoms with Gasteiger partial charge in [-0.05, 0) is 73.9 Å². The number of hydrogen-bond donors (Lipinski definition) is 1. The number of ether oxygens (including phenoxy) is 1. The monoisotopic (exact) mass is 791 g/mol. The predicted octanol–water partition coefficient (Wildman–Crippen LogP) is 7.32. The molecule has 4 heterocycles. The summed E-state index contributed by atoms with van der Waals surface area (Å²) in [5.74, 6) is -5.95. The summed E-state index contributed by atoms with van der Waals surface area (Å²) in [6, 6.07) is 17.8. The summed E-state index contributed by atoms with van der Waals surface area (Å²) in [4.78, 5) is 72.6. The van der Waals surface area contributed by atoms with E-state index in [2.05, 4.69) is 0 Å². The standard InChI is InChI=1S/C41H34ClN5O8S/c1-19-26-15-20(42)11-14-31(26)56-36(19)29-18-32(44(3)43-29)46-38(50)28-17-27-23(34(41(28,2)40(46)52)25-9-6-10-30(55-4)35(25)48)12-13-24-33(27)39(51)45(37(24)49)21-7-5-8-22(16-21)47(53)54/h5-12,14-16,18,24,27-28,33-34,48H,13,17H2,1-4H3. The number of imide groups is 2. The van der Waals surface area contributed by atoms with Crippen molar-refractivity contribution in [3.63, 3.8) is 0 Å². The minimum Gasteiger partial charge on any atom is -0.504 e. The lowest BCUT2D eigenvalue weighted by Gasteiger charge is -2.49. The number of fused-ring (bicyclic) bond motifs is 5. The van der Waals surface area contributed by atoms with E-state index in [1.807, 2.05) is 31.2 Å². The van der Waals surface area contributed by atoms with Crippen molar-refractivity contribution >= 4 is 73.8 Å². The number of aromatic hydroxyl groups is 1. The van der Waals surface area contributed by atoms with Crippen molar-refractivity contribution in [2.75, 3.05) is 16.9 Å². The van der Waals surface area contributed by atoms with Gasteiger partial charge in [0.15, 0.2) is 11.5 Å². The summed E-state index contributed by atoms with van der Waals surface area (Å²) < 4.78 is 8.01. The number of thiophene rings is 1. The molecule has 6 atom stereocenters. The van der Waals surface area contributed by atoms with E-state index in [-0.39, 0.29) is 41.5 Å². The van der Waals surface area contributed by atoms with Gasteiger partial charge in [0.2, 0.25) is 23.6 Å². The Balaban J connectivity index is 1.16. The predicted molar refractivity (Wildman–Crippen MR) is 209 cm³/mol. The third-order valence-electron chi connectivity index (χ3n) is 12.3. The van der Waals surface area contributed by atoms with Crippen LogP contribution in [0.25, 0.3) is 20.7 Å². The fourth-order valence-electron chi connectivity index (χ4n) is 9.73. The summed E-state index contributed by atoms with van der Waals surface area (Å²) >= 11 is 7.84. The molecule has 1 N–H and O–H groups in total. The Bertz CT molecular complexity index is 2630. The SMILES string of the molecule is COc1cccc(C2C3=CCC4C(=O)N(c5cccc([N+](=O)[O-])c5)C(=O)C4C3CC3C(=O)N(c4cc(-c5sc6ccc(Cl)cc6c5C)nn4C)C(=O)C32C)c1O. The van der Waals surface area contributed by atoms with Crippen LogP contribution in [0.15, 0.2) is 78.4 Å². The Kier molecular flexibility index (Phi) is 8.05. The van der Waals surface area contributed by atoms with Gasteiger partial charge in [-0.3, -0.25) is 34.0 Å². The van der Waals surface area contributed by atoms with Gasteiger partial charge in [0.25, 0.3) is 5.69 Å². The number of benzene rings is 3. The van der Waals surface area contributed by atoms with Crippen LogP contribution in [0.2, 0.25) is 5.02 Å². The van der Waals surface area contributed by atoms with Crippen LogP contribution < -0.4 is 14.5 Å². The molecule has 15 heteroatoms. The van der Waals surface area contributed by atoms with Crippen LogP contribution in [0.4, 0.5) is 17.2 Å². The van der Waals surface area contributed by atoms with Crippen molar-refractivity contribution in [2.45, 2.75) is 32.6 Å². The number of halogens is 1. The van der Waals surface area contributed by atoms with E-state index in [1.165, 1.54) is 52.3 Å². The Morgan fingerprint density at radius 2 is 1.77 bits per heavy atom. The number of allylic oxidation sites excluding steroid dienone is 2. The lowest BCUT2D eigenvalue weighted by atomic mass is 9.51. The van der Waals surface area contributed by atoms with Crippen LogP contribution in [-0.2, 0) is 26.2 Å². The number of nitro benzene ring substituents is 1. The third kappa shape index (κ3) is 4.87. The number of anilines is 2. The first-order valence-corrected chi connectivity index (χ1v) is 19.2. The van der Waals surface area contributed by atoms with Gasteiger partial charge in [-0.2, -0.15) is 5.10 Å². The molecule has 0 bridgehead atoms. The molecule has 56 heavy (non-hydrogen) atoms. The second kappa shape index (κ2) is 12.6. The highest BCUT2D eigenvalue weighted by atomic mass is 35.5. The molecule has 2 aliphatic carbocycles. The van der Waals surface area contributed by atoms with Crippen molar-refractivity contribution in [3.05, 3.63) is 105 Å². The molecule has 0 radical (unpaired) electrons. The van der Waals surface area contributed by atoms with Gasteiger partial charge in [-0.25, -0.2) is 9.80 Å². The molecule has 3 fully saturated rings. The fraction of sp³-hybridized carbons (Fsp3) is 0.293. The van der Waals surface area contributed by atoms with E-state index < -0.39 is 63.6 Å². The summed E-state index contributed by atoms with van der Waals surface area (Å²) in [5.41, 5.74) is 0.960.